The summed E-state index contributed by atoms with van der Waals surface area (Å²) < 4.78 is 31.5. The molecule has 0 aromatic heterocycles. The third kappa shape index (κ3) is 3.72. The first-order valence-electron chi connectivity index (χ1n) is 3.82. The maximum atomic E-state index is 10.9. The van der Waals surface area contributed by atoms with E-state index in [9.17, 15) is 8.42 Å². The lowest BCUT2D eigenvalue weighted by molar-refractivity contribution is 0.402. The fourth-order valence-electron chi connectivity index (χ4n) is 0.852. The van der Waals surface area contributed by atoms with Gasteiger partial charge >= 0.3 is 0 Å². The van der Waals surface area contributed by atoms with Gasteiger partial charge < -0.3 is 4.52 Å². The number of rotatable bonds is 4. The van der Waals surface area contributed by atoms with Gasteiger partial charge in [-0.05, 0) is 12.1 Å². The molecule has 0 aliphatic rings. The lowest BCUT2D eigenvalue weighted by atomic mass is 10.4. The number of hydrogen-bond donors (Lipinski definition) is 0. The minimum Gasteiger partial charge on any atom is -0.333 e. The average Bonchev–Trinajstić information content (AvgIpc) is 2.14. The molecule has 0 N–H and O–H groups in total. The Morgan fingerprint density at radius 3 is 2.21 bits per heavy atom. The summed E-state index contributed by atoms with van der Waals surface area (Å²) in [7, 11) is -3.59. The van der Waals surface area contributed by atoms with Crippen molar-refractivity contribution in [3.8, 4) is 0 Å². The van der Waals surface area contributed by atoms with E-state index in [0.29, 0.717) is 0 Å². The smallest absolute Gasteiger partial charge is 0.269 e. The molecule has 14 heavy (non-hydrogen) atoms. The maximum absolute atomic E-state index is 10.9. The van der Waals surface area contributed by atoms with Crippen molar-refractivity contribution in [3.63, 3.8) is 0 Å². The first kappa shape index (κ1) is 11.6. The van der Waals surface area contributed by atoms with E-state index in [1.807, 2.05) is 6.07 Å². The molecule has 1 aromatic carbocycles. The predicted molar refractivity (Wildman–Crippen MR) is 55.9 cm³/mol. The van der Waals surface area contributed by atoms with Crippen molar-refractivity contribution in [1.29, 1.82) is 0 Å². The molecule has 1 aromatic rings. The van der Waals surface area contributed by atoms with Crippen LogP contribution < -0.4 is 5.30 Å². The molecular formula is C8H11O4PS. The van der Waals surface area contributed by atoms with Crippen LogP contribution in [0.15, 0.2) is 30.3 Å². The van der Waals surface area contributed by atoms with Gasteiger partial charge in [-0.3, -0.25) is 0 Å². The fraction of sp³-hybridized carbons (Fsp3) is 0.250. The zero-order valence-corrected chi connectivity index (χ0v) is 9.59. The largest absolute Gasteiger partial charge is 0.333 e. The van der Waals surface area contributed by atoms with Gasteiger partial charge in [0, 0.05) is 12.4 Å². The molecule has 0 amide bonds. The first-order chi connectivity index (χ1) is 6.53. The number of benzene rings is 1. The van der Waals surface area contributed by atoms with Gasteiger partial charge in [0.1, 0.15) is 0 Å². The molecule has 0 fully saturated rings. The van der Waals surface area contributed by atoms with Crippen LogP contribution in [0.25, 0.3) is 0 Å². The van der Waals surface area contributed by atoms with Gasteiger partial charge in [0.15, 0.2) is 0 Å². The molecule has 6 heteroatoms. The molecule has 0 aliphatic carbocycles. The van der Waals surface area contributed by atoms with Gasteiger partial charge in [0.2, 0.25) is 8.38 Å². The summed E-state index contributed by atoms with van der Waals surface area (Å²) in [6.07, 6.45) is 1.00. The topological polar surface area (TPSA) is 52.6 Å². The summed E-state index contributed by atoms with van der Waals surface area (Å²) in [6, 6.07) is 8.97. The molecule has 0 bridgehead atoms. The minimum absolute atomic E-state index is 0.732. The fourth-order valence-corrected chi connectivity index (χ4v) is 3.05. The van der Waals surface area contributed by atoms with Crippen molar-refractivity contribution in [1.82, 2.24) is 0 Å². The standard InChI is InChI=1S/C8H11O4PS/c1-11-13(12-14(2,9)10)8-6-4-3-5-7-8/h3-7H,1-2H3. The summed E-state index contributed by atoms with van der Waals surface area (Å²) in [5.41, 5.74) is 0. The quantitative estimate of drug-likeness (QED) is 0.735. The van der Waals surface area contributed by atoms with E-state index in [1.54, 1.807) is 24.3 Å². The molecule has 78 valence electrons. The normalized spacial score (nSPS) is 13.9. The molecule has 0 saturated carbocycles. The molecule has 4 nitrogen and oxygen atoms in total. The Morgan fingerprint density at radius 2 is 1.79 bits per heavy atom. The summed E-state index contributed by atoms with van der Waals surface area (Å²) in [5.74, 6) is 0. The van der Waals surface area contributed by atoms with Crippen molar-refractivity contribution < 1.29 is 16.9 Å². The summed E-state index contributed by atoms with van der Waals surface area (Å²) in [4.78, 5) is 0. The first-order valence-corrected chi connectivity index (χ1v) is 6.81. The highest BCUT2D eigenvalue weighted by Crippen LogP contribution is 2.37. The number of hydrogen-bond acceptors (Lipinski definition) is 4. The van der Waals surface area contributed by atoms with Crippen LogP contribution in [0.5, 0.6) is 0 Å². The van der Waals surface area contributed by atoms with Crippen LogP contribution in [0, 0.1) is 0 Å². The zero-order valence-electron chi connectivity index (χ0n) is 7.88. The average molecular weight is 234 g/mol. The van der Waals surface area contributed by atoms with E-state index in [4.69, 9.17) is 8.49 Å². The third-order valence-electron chi connectivity index (χ3n) is 1.34. The Bertz CT molecular complexity index is 376. The highest BCUT2D eigenvalue weighted by molar-refractivity contribution is 7.90. The summed E-state index contributed by atoms with van der Waals surface area (Å²) in [6.45, 7) is 0. The highest BCUT2D eigenvalue weighted by Gasteiger charge is 2.17. The second kappa shape index (κ2) is 4.84. The molecular weight excluding hydrogens is 223 g/mol. The van der Waals surface area contributed by atoms with Gasteiger partial charge in [-0.2, -0.15) is 8.42 Å². The third-order valence-corrected chi connectivity index (χ3v) is 4.01. The van der Waals surface area contributed by atoms with Crippen LogP contribution >= 0.6 is 8.38 Å². The van der Waals surface area contributed by atoms with Gasteiger partial charge in [-0.25, -0.2) is 3.97 Å². The van der Waals surface area contributed by atoms with Crippen LogP contribution in [0.1, 0.15) is 0 Å². The second-order valence-corrected chi connectivity index (χ2v) is 5.95. The lowest BCUT2D eigenvalue weighted by Gasteiger charge is -2.12. The lowest BCUT2D eigenvalue weighted by Crippen LogP contribution is -2.08. The molecule has 1 rings (SSSR count). The van der Waals surface area contributed by atoms with E-state index >= 15 is 0 Å². The second-order valence-electron chi connectivity index (χ2n) is 2.55. The molecule has 1 atom stereocenters. The molecule has 0 radical (unpaired) electrons. The van der Waals surface area contributed by atoms with Crippen molar-refractivity contribution in [2.75, 3.05) is 13.4 Å². The van der Waals surface area contributed by atoms with Gasteiger partial charge in [0.25, 0.3) is 10.1 Å². The van der Waals surface area contributed by atoms with Crippen molar-refractivity contribution in [2.24, 2.45) is 0 Å². The van der Waals surface area contributed by atoms with Crippen molar-refractivity contribution in [2.45, 2.75) is 0 Å². The van der Waals surface area contributed by atoms with Gasteiger partial charge in [-0.15, -0.1) is 0 Å². The minimum atomic E-state index is -3.48. The SMILES string of the molecule is COP(OS(C)(=O)=O)c1ccccc1. The van der Waals surface area contributed by atoms with Crippen molar-refractivity contribution in [3.05, 3.63) is 30.3 Å². The molecule has 1 unspecified atom stereocenters. The van der Waals surface area contributed by atoms with Crippen LogP contribution in [0.4, 0.5) is 0 Å². The Kier molecular flexibility index (Phi) is 4.01. The van der Waals surface area contributed by atoms with E-state index in [1.165, 1.54) is 7.11 Å². The maximum Gasteiger partial charge on any atom is 0.269 e. The Hall–Kier alpha value is -0.480. The molecule has 0 saturated heterocycles. The van der Waals surface area contributed by atoms with Crippen LogP contribution in [-0.2, 0) is 18.6 Å². The predicted octanol–water partition coefficient (Wildman–Crippen LogP) is 1.25. The van der Waals surface area contributed by atoms with Gasteiger partial charge in [-0.1, -0.05) is 18.2 Å². The highest BCUT2D eigenvalue weighted by atomic mass is 32.2. The molecule has 0 spiro atoms. The Morgan fingerprint density at radius 1 is 1.21 bits per heavy atom. The van der Waals surface area contributed by atoms with Gasteiger partial charge in [0.05, 0.1) is 6.26 Å². The van der Waals surface area contributed by atoms with E-state index in [-0.39, 0.29) is 0 Å². The van der Waals surface area contributed by atoms with E-state index in [2.05, 4.69) is 0 Å². The molecule has 0 aliphatic heterocycles. The summed E-state index contributed by atoms with van der Waals surface area (Å²) in [5, 5.41) is 0.732. The van der Waals surface area contributed by atoms with E-state index in [0.717, 1.165) is 11.6 Å². The molecule has 0 heterocycles. The zero-order chi connectivity index (χ0) is 10.6. The Balaban J connectivity index is 2.84. The van der Waals surface area contributed by atoms with Crippen LogP contribution in [-0.4, -0.2) is 21.8 Å². The van der Waals surface area contributed by atoms with E-state index < -0.39 is 18.5 Å². The Labute approximate surface area is 84.9 Å². The van der Waals surface area contributed by atoms with Crippen LogP contribution in [0.3, 0.4) is 0 Å². The van der Waals surface area contributed by atoms with Crippen molar-refractivity contribution >= 4 is 23.8 Å². The van der Waals surface area contributed by atoms with Crippen LogP contribution in [0.2, 0.25) is 0 Å². The monoisotopic (exact) mass is 234 g/mol. The summed E-state index contributed by atoms with van der Waals surface area (Å²) >= 11 is 0.